The fourth-order valence-electron chi connectivity index (χ4n) is 6.83. The first-order valence-electron chi connectivity index (χ1n) is 14.1. The first kappa shape index (κ1) is 24.2. The van der Waals surface area contributed by atoms with E-state index >= 15 is 0 Å². The molecule has 2 aliphatic carbocycles. The van der Waals surface area contributed by atoms with Gasteiger partial charge in [-0.2, -0.15) is 5.10 Å². The molecule has 1 aromatic heterocycles. The van der Waals surface area contributed by atoms with Crippen LogP contribution in [0.25, 0.3) is 10.9 Å². The van der Waals surface area contributed by atoms with E-state index in [0.717, 1.165) is 43.1 Å². The number of rotatable bonds is 6. The summed E-state index contributed by atoms with van der Waals surface area (Å²) in [5, 5.41) is 5.70. The molecule has 1 fully saturated rings. The standard InChI is InChI=1S/C31H39N5O/c1-34(2)25-14-11-22(12-15-25)20-32-33-30(37)21-35-17-18-36-28-16-13-24(23-7-4-3-5-8-23)19-27(28)26-9-6-10-29(35)31(26)36/h11-16,19-20,23,29H,3-10,17-18,21H2,1-2H3,(H,33,37). The Morgan fingerprint density at radius 3 is 2.62 bits per heavy atom. The summed E-state index contributed by atoms with van der Waals surface area (Å²) < 4.78 is 2.56. The molecule has 3 aromatic rings. The van der Waals surface area contributed by atoms with Crippen molar-refractivity contribution in [3.8, 4) is 0 Å². The predicted octanol–water partition coefficient (Wildman–Crippen LogP) is 5.60. The van der Waals surface area contributed by atoms with Gasteiger partial charge in [0.2, 0.25) is 0 Å². The van der Waals surface area contributed by atoms with Crippen LogP contribution in [0.15, 0.2) is 47.6 Å². The molecule has 0 radical (unpaired) electrons. The zero-order valence-electron chi connectivity index (χ0n) is 22.2. The lowest BCUT2D eigenvalue weighted by Crippen LogP contribution is -2.44. The zero-order chi connectivity index (χ0) is 25.4. The minimum Gasteiger partial charge on any atom is -0.378 e. The van der Waals surface area contributed by atoms with Crippen LogP contribution in [0, 0.1) is 0 Å². The van der Waals surface area contributed by atoms with Crippen molar-refractivity contribution in [1.82, 2.24) is 14.9 Å². The second-order valence-electron chi connectivity index (χ2n) is 11.3. The largest absolute Gasteiger partial charge is 0.378 e. The van der Waals surface area contributed by atoms with E-state index in [1.54, 1.807) is 11.8 Å². The summed E-state index contributed by atoms with van der Waals surface area (Å²) in [6.07, 6.45) is 12.0. The highest BCUT2D eigenvalue weighted by Crippen LogP contribution is 2.44. The average Bonchev–Trinajstić information content (AvgIpc) is 3.25. The normalized spacial score (nSPS) is 20.3. The minimum atomic E-state index is -0.0440. The van der Waals surface area contributed by atoms with Gasteiger partial charge >= 0.3 is 0 Å². The molecule has 0 saturated heterocycles. The molecule has 0 spiro atoms. The second kappa shape index (κ2) is 10.3. The number of benzene rings is 2. The monoisotopic (exact) mass is 497 g/mol. The maximum atomic E-state index is 12.8. The van der Waals surface area contributed by atoms with E-state index in [-0.39, 0.29) is 5.91 Å². The Morgan fingerprint density at radius 1 is 1.03 bits per heavy atom. The molecule has 1 unspecified atom stereocenters. The summed E-state index contributed by atoms with van der Waals surface area (Å²) >= 11 is 0. The molecule has 0 bridgehead atoms. The van der Waals surface area contributed by atoms with Gasteiger partial charge in [0.1, 0.15) is 0 Å². The first-order chi connectivity index (χ1) is 18.1. The maximum Gasteiger partial charge on any atom is 0.254 e. The fourth-order valence-corrected chi connectivity index (χ4v) is 6.83. The highest BCUT2D eigenvalue weighted by atomic mass is 16.2. The van der Waals surface area contributed by atoms with Crippen molar-refractivity contribution in [2.45, 2.75) is 69.9 Å². The number of aromatic nitrogens is 1. The molecule has 1 saturated carbocycles. The van der Waals surface area contributed by atoms with Crippen molar-refractivity contribution >= 4 is 28.7 Å². The lowest BCUT2D eigenvalue weighted by Gasteiger charge is -2.39. The molecular formula is C31H39N5O. The number of hydrazone groups is 1. The van der Waals surface area contributed by atoms with Crippen LogP contribution in [-0.2, 0) is 17.8 Å². The smallest absolute Gasteiger partial charge is 0.254 e. The molecule has 1 N–H and O–H groups in total. The molecule has 6 heteroatoms. The van der Waals surface area contributed by atoms with E-state index in [1.807, 2.05) is 26.2 Å². The quantitative estimate of drug-likeness (QED) is 0.356. The number of amides is 1. The molecule has 2 aromatic carbocycles. The van der Waals surface area contributed by atoms with Gasteiger partial charge in [-0.25, -0.2) is 5.43 Å². The molecule has 6 rings (SSSR count). The van der Waals surface area contributed by atoms with E-state index in [1.165, 1.54) is 60.7 Å². The number of hydrogen-bond donors (Lipinski definition) is 1. The molecule has 1 aliphatic heterocycles. The average molecular weight is 498 g/mol. The maximum absolute atomic E-state index is 12.8. The summed E-state index contributed by atoms with van der Waals surface area (Å²) in [4.78, 5) is 17.3. The Bertz CT molecular complexity index is 1300. The highest BCUT2D eigenvalue weighted by molar-refractivity contribution is 5.87. The second-order valence-corrected chi connectivity index (χ2v) is 11.3. The van der Waals surface area contributed by atoms with E-state index in [2.05, 4.69) is 55.2 Å². The van der Waals surface area contributed by atoms with Crippen LogP contribution in [0.2, 0.25) is 0 Å². The van der Waals surface area contributed by atoms with Gasteiger partial charge in [0.05, 0.1) is 18.8 Å². The Labute approximate surface area is 220 Å². The summed E-state index contributed by atoms with van der Waals surface area (Å²) in [5.41, 5.74) is 10.8. The summed E-state index contributed by atoms with van der Waals surface area (Å²) in [6.45, 7) is 2.23. The molecule has 3 aliphatic rings. The lowest BCUT2D eigenvalue weighted by atomic mass is 9.83. The van der Waals surface area contributed by atoms with Crippen LogP contribution in [0.4, 0.5) is 5.69 Å². The number of nitrogens with one attached hydrogen (secondary N) is 1. The molecule has 1 atom stereocenters. The zero-order valence-corrected chi connectivity index (χ0v) is 22.2. The van der Waals surface area contributed by atoms with E-state index in [9.17, 15) is 4.79 Å². The third kappa shape index (κ3) is 4.79. The number of aryl methyl sites for hydroxylation is 1. The number of nitrogens with zero attached hydrogens (tertiary/aromatic N) is 4. The van der Waals surface area contributed by atoms with E-state index < -0.39 is 0 Å². The molecule has 6 nitrogen and oxygen atoms in total. The third-order valence-corrected chi connectivity index (χ3v) is 8.74. The van der Waals surface area contributed by atoms with Crippen LogP contribution in [0.1, 0.15) is 79.3 Å². The third-order valence-electron chi connectivity index (χ3n) is 8.74. The van der Waals surface area contributed by atoms with Crippen molar-refractivity contribution in [3.05, 3.63) is 64.8 Å². The summed E-state index contributed by atoms with van der Waals surface area (Å²) in [5.74, 6) is 0.686. The number of carbonyl (C=O) groups is 1. The Kier molecular flexibility index (Phi) is 6.76. The molecule has 1 amide bonds. The van der Waals surface area contributed by atoms with Crippen LogP contribution < -0.4 is 10.3 Å². The van der Waals surface area contributed by atoms with E-state index in [0.29, 0.717) is 12.6 Å². The number of anilines is 1. The van der Waals surface area contributed by atoms with Crippen LogP contribution >= 0.6 is 0 Å². The fraction of sp³-hybridized carbons (Fsp3) is 0.484. The predicted molar refractivity (Wildman–Crippen MR) is 152 cm³/mol. The van der Waals surface area contributed by atoms with Gasteiger partial charge in [0, 0.05) is 49.5 Å². The van der Waals surface area contributed by atoms with Gasteiger partial charge in [0.25, 0.3) is 5.91 Å². The van der Waals surface area contributed by atoms with Gasteiger partial charge in [-0.05, 0) is 79.0 Å². The minimum absolute atomic E-state index is 0.0440. The van der Waals surface area contributed by atoms with Crippen LogP contribution in [-0.4, -0.2) is 48.8 Å². The Morgan fingerprint density at radius 2 is 1.84 bits per heavy atom. The number of carbonyl (C=O) groups excluding carboxylic acids is 1. The number of fused-ring (bicyclic) bond motifs is 3. The number of hydrogen-bond acceptors (Lipinski definition) is 4. The highest BCUT2D eigenvalue weighted by Gasteiger charge is 2.35. The topological polar surface area (TPSA) is 52.9 Å². The van der Waals surface area contributed by atoms with E-state index in [4.69, 9.17) is 0 Å². The molecule has 2 heterocycles. The van der Waals surface area contributed by atoms with Crippen molar-refractivity contribution < 1.29 is 4.79 Å². The lowest BCUT2D eigenvalue weighted by molar-refractivity contribution is -0.123. The van der Waals surface area contributed by atoms with Crippen LogP contribution in [0.5, 0.6) is 0 Å². The van der Waals surface area contributed by atoms with Gasteiger partial charge in [0.15, 0.2) is 0 Å². The molecular weight excluding hydrogens is 458 g/mol. The van der Waals surface area contributed by atoms with Crippen LogP contribution in [0.3, 0.4) is 0 Å². The van der Waals surface area contributed by atoms with Gasteiger partial charge in [-0.3, -0.25) is 9.69 Å². The Balaban J connectivity index is 1.16. The summed E-state index contributed by atoms with van der Waals surface area (Å²) in [7, 11) is 4.04. The summed E-state index contributed by atoms with van der Waals surface area (Å²) in [6, 6.07) is 15.7. The van der Waals surface area contributed by atoms with Crippen molar-refractivity contribution in [2.75, 3.05) is 32.1 Å². The molecule has 194 valence electrons. The van der Waals surface area contributed by atoms with Crippen molar-refractivity contribution in [3.63, 3.8) is 0 Å². The Hall–Kier alpha value is -3.12. The van der Waals surface area contributed by atoms with Crippen molar-refractivity contribution in [1.29, 1.82) is 0 Å². The van der Waals surface area contributed by atoms with Crippen molar-refractivity contribution in [2.24, 2.45) is 5.10 Å². The van der Waals surface area contributed by atoms with Gasteiger partial charge < -0.3 is 9.47 Å². The first-order valence-corrected chi connectivity index (χ1v) is 14.1. The molecule has 37 heavy (non-hydrogen) atoms. The van der Waals surface area contributed by atoms with Gasteiger partial charge in [-0.1, -0.05) is 37.5 Å². The SMILES string of the molecule is CN(C)c1ccc(C=NNC(=O)CN2CCn3c4c(c5cc(C6CCCCC6)ccc53)CCCC42)cc1. The van der Waals surface area contributed by atoms with Gasteiger partial charge in [-0.15, -0.1) is 0 Å².